The maximum absolute atomic E-state index is 13.6. The maximum atomic E-state index is 13.6. The van der Waals surface area contributed by atoms with Crippen LogP contribution in [0, 0.1) is 11.6 Å². The summed E-state index contributed by atoms with van der Waals surface area (Å²) in [6.45, 7) is 1.44. The zero-order chi connectivity index (χ0) is 14.1. The Kier molecular flexibility index (Phi) is 3.31. The summed E-state index contributed by atoms with van der Waals surface area (Å²) in [5.74, 6) is -1.30. The van der Waals surface area contributed by atoms with E-state index in [0.29, 0.717) is 6.54 Å². The Morgan fingerprint density at radius 2 is 2.15 bits per heavy atom. The molecular formula is C14H13F2N3O. The molecular weight excluding hydrogens is 264 g/mol. The fraction of sp³-hybridized carbons (Fsp3) is 0.286. The van der Waals surface area contributed by atoms with Crippen LogP contribution in [0.4, 0.5) is 8.78 Å². The van der Waals surface area contributed by atoms with Crippen LogP contribution < -0.4 is 10.9 Å². The summed E-state index contributed by atoms with van der Waals surface area (Å²) < 4.78 is 27.7. The van der Waals surface area contributed by atoms with Crippen LogP contribution in [-0.4, -0.2) is 16.3 Å². The van der Waals surface area contributed by atoms with Crippen LogP contribution in [0.3, 0.4) is 0 Å². The summed E-state index contributed by atoms with van der Waals surface area (Å²) >= 11 is 0. The van der Waals surface area contributed by atoms with Crippen LogP contribution in [0.2, 0.25) is 0 Å². The summed E-state index contributed by atoms with van der Waals surface area (Å²) in [7, 11) is 0. The minimum Gasteiger partial charge on any atom is -0.312 e. The molecule has 0 spiro atoms. The minimum atomic E-state index is -0.668. The molecule has 1 aromatic heterocycles. The highest BCUT2D eigenvalue weighted by Gasteiger charge is 2.14. The Hall–Kier alpha value is -2.08. The number of hydrogen-bond acceptors (Lipinski definition) is 3. The molecule has 0 saturated carbocycles. The molecule has 0 unspecified atom stereocenters. The lowest BCUT2D eigenvalue weighted by molar-refractivity contribution is 0.534. The number of benzene rings is 1. The topological polar surface area (TPSA) is 46.9 Å². The standard InChI is InChI=1S/C14H13F2N3O/c15-11-2-1-9(12(16)6-11)8-19-14(20)5-10-7-17-4-3-13(10)18-19/h1-2,5-6,17H,3-4,7-8H2. The quantitative estimate of drug-likeness (QED) is 0.897. The van der Waals surface area contributed by atoms with Crippen molar-refractivity contribution in [2.24, 2.45) is 0 Å². The van der Waals surface area contributed by atoms with Gasteiger partial charge in [-0.1, -0.05) is 6.07 Å². The molecule has 1 aromatic carbocycles. The highest BCUT2D eigenvalue weighted by Crippen LogP contribution is 2.12. The van der Waals surface area contributed by atoms with E-state index in [1.165, 1.54) is 22.9 Å². The van der Waals surface area contributed by atoms with Crippen molar-refractivity contribution in [3.63, 3.8) is 0 Å². The second-order valence-corrected chi connectivity index (χ2v) is 4.77. The molecule has 3 rings (SSSR count). The van der Waals surface area contributed by atoms with Gasteiger partial charge in [0.15, 0.2) is 0 Å². The SMILES string of the molecule is O=c1cc2c(nn1Cc1ccc(F)cc1F)CCNC2. The highest BCUT2D eigenvalue weighted by atomic mass is 19.1. The lowest BCUT2D eigenvalue weighted by Crippen LogP contribution is -2.32. The summed E-state index contributed by atoms with van der Waals surface area (Å²) in [6.07, 6.45) is 0.738. The molecule has 0 saturated heterocycles. The molecule has 0 radical (unpaired) electrons. The average molecular weight is 277 g/mol. The molecule has 0 fully saturated rings. The second-order valence-electron chi connectivity index (χ2n) is 4.77. The van der Waals surface area contributed by atoms with Gasteiger partial charge in [0.05, 0.1) is 12.2 Å². The van der Waals surface area contributed by atoms with Crippen LogP contribution >= 0.6 is 0 Å². The first-order chi connectivity index (χ1) is 9.63. The first-order valence-electron chi connectivity index (χ1n) is 6.38. The first-order valence-corrected chi connectivity index (χ1v) is 6.38. The van der Waals surface area contributed by atoms with E-state index in [1.807, 2.05) is 0 Å². The lowest BCUT2D eigenvalue weighted by atomic mass is 10.1. The van der Waals surface area contributed by atoms with Crippen LogP contribution in [0.1, 0.15) is 16.8 Å². The van der Waals surface area contributed by atoms with Crippen LogP contribution in [0.5, 0.6) is 0 Å². The van der Waals surface area contributed by atoms with Crippen LogP contribution in [-0.2, 0) is 19.5 Å². The third kappa shape index (κ3) is 2.46. The molecule has 0 atom stereocenters. The van der Waals surface area contributed by atoms with Crippen molar-refractivity contribution >= 4 is 0 Å². The van der Waals surface area contributed by atoms with E-state index in [0.717, 1.165) is 30.3 Å². The van der Waals surface area contributed by atoms with Gasteiger partial charge in [-0.3, -0.25) is 4.79 Å². The van der Waals surface area contributed by atoms with Crippen molar-refractivity contribution in [1.29, 1.82) is 0 Å². The minimum absolute atomic E-state index is 0.00561. The van der Waals surface area contributed by atoms with Crippen molar-refractivity contribution in [2.45, 2.75) is 19.5 Å². The number of aromatic nitrogens is 2. The third-order valence-electron chi connectivity index (χ3n) is 3.35. The first kappa shape index (κ1) is 12.9. The summed E-state index contributed by atoms with van der Waals surface area (Å²) in [6, 6.07) is 4.84. The summed E-state index contributed by atoms with van der Waals surface area (Å²) in [5, 5.41) is 7.44. The predicted molar refractivity (Wildman–Crippen MR) is 69.4 cm³/mol. The van der Waals surface area contributed by atoms with Gasteiger partial charge in [0.25, 0.3) is 5.56 Å². The molecule has 0 amide bonds. The predicted octanol–water partition coefficient (Wildman–Crippen LogP) is 1.22. The fourth-order valence-electron chi connectivity index (χ4n) is 2.28. The van der Waals surface area contributed by atoms with E-state index >= 15 is 0 Å². The number of hydrogen-bond donors (Lipinski definition) is 1. The van der Waals surface area contributed by atoms with Crippen molar-refractivity contribution in [1.82, 2.24) is 15.1 Å². The average Bonchev–Trinajstić information content (AvgIpc) is 2.42. The maximum Gasteiger partial charge on any atom is 0.267 e. The van der Waals surface area contributed by atoms with E-state index in [2.05, 4.69) is 10.4 Å². The van der Waals surface area contributed by atoms with E-state index in [-0.39, 0.29) is 17.7 Å². The zero-order valence-electron chi connectivity index (χ0n) is 10.7. The van der Waals surface area contributed by atoms with Gasteiger partial charge in [0.2, 0.25) is 0 Å². The molecule has 4 nitrogen and oxygen atoms in total. The Balaban J connectivity index is 1.96. The van der Waals surface area contributed by atoms with Crippen LogP contribution in [0.15, 0.2) is 29.1 Å². The van der Waals surface area contributed by atoms with Gasteiger partial charge in [0.1, 0.15) is 11.6 Å². The monoisotopic (exact) mass is 277 g/mol. The largest absolute Gasteiger partial charge is 0.312 e. The van der Waals surface area contributed by atoms with Crippen molar-refractivity contribution < 1.29 is 8.78 Å². The summed E-state index contributed by atoms with van der Waals surface area (Å²) in [4.78, 5) is 11.9. The molecule has 104 valence electrons. The van der Waals surface area contributed by atoms with Gasteiger partial charge in [-0.05, 0) is 11.6 Å². The van der Waals surface area contributed by atoms with E-state index in [1.54, 1.807) is 0 Å². The van der Waals surface area contributed by atoms with Gasteiger partial charge < -0.3 is 5.32 Å². The Morgan fingerprint density at radius 1 is 1.30 bits per heavy atom. The lowest BCUT2D eigenvalue weighted by Gasteiger charge is -2.17. The smallest absolute Gasteiger partial charge is 0.267 e. The van der Waals surface area contributed by atoms with Crippen molar-refractivity contribution in [3.8, 4) is 0 Å². The van der Waals surface area contributed by atoms with Gasteiger partial charge in [-0.15, -0.1) is 0 Å². The molecule has 2 aromatic rings. The number of nitrogens with zero attached hydrogens (tertiary/aromatic N) is 2. The van der Waals surface area contributed by atoms with E-state index in [9.17, 15) is 13.6 Å². The molecule has 1 N–H and O–H groups in total. The Labute approximate surface area is 114 Å². The Bertz CT molecular complexity index is 712. The third-order valence-corrected chi connectivity index (χ3v) is 3.35. The number of halogens is 2. The molecule has 2 heterocycles. The van der Waals surface area contributed by atoms with Crippen molar-refractivity contribution in [3.05, 3.63) is 63.1 Å². The van der Waals surface area contributed by atoms with Gasteiger partial charge in [0, 0.05) is 37.2 Å². The highest BCUT2D eigenvalue weighted by molar-refractivity contribution is 5.22. The normalized spacial score (nSPS) is 14.1. The molecule has 1 aliphatic heterocycles. The molecule has 0 aliphatic carbocycles. The Morgan fingerprint density at radius 3 is 2.95 bits per heavy atom. The van der Waals surface area contributed by atoms with E-state index in [4.69, 9.17) is 0 Å². The molecule has 20 heavy (non-hydrogen) atoms. The van der Waals surface area contributed by atoms with Crippen molar-refractivity contribution in [2.75, 3.05) is 6.54 Å². The van der Waals surface area contributed by atoms with Crippen LogP contribution in [0.25, 0.3) is 0 Å². The molecule has 1 aliphatic rings. The second kappa shape index (κ2) is 5.13. The van der Waals surface area contributed by atoms with Gasteiger partial charge in [-0.25, -0.2) is 13.5 Å². The summed E-state index contributed by atoms with van der Waals surface area (Å²) in [5.41, 5.74) is 1.70. The zero-order valence-corrected chi connectivity index (χ0v) is 10.7. The number of nitrogens with one attached hydrogen (secondary N) is 1. The van der Waals surface area contributed by atoms with E-state index < -0.39 is 11.6 Å². The molecule has 0 bridgehead atoms. The number of fused-ring (bicyclic) bond motifs is 1. The molecule has 6 heteroatoms. The fourth-order valence-corrected chi connectivity index (χ4v) is 2.28. The number of rotatable bonds is 2. The van der Waals surface area contributed by atoms with Gasteiger partial charge in [-0.2, -0.15) is 5.10 Å². The van der Waals surface area contributed by atoms with Gasteiger partial charge >= 0.3 is 0 Å².